The average Bonchev–Trinajstić information content (AvgIpc) is 2.67. The average molecular weight is 365 g/mol. The molecule has 1 saturated heterocycles. The number of piperidine rings is 1. The fraction of sp³-hybridized carbons (Fsp3) is 0.650. The van der Waals surface area contributed by atoms with Crippen LogP contribution >= 0.6 is 0 Å². The van der Waals surface area contributed by atoms with Crippen LogP contribution in [0, 0.1) is 5.82 Å². The van der Waals surface area contributed by atoms with Gasteiger partial charge in [0.25, 0.3) is 0 Å². The lowest BCUT2D eigenvalue weighted by molar-refractivity contribution is 0.00991. The maximum absolute atomic E-state index is 13.7. The maximum atomic E-state index is 13.7. The van der Waals surface area contributed by atoms with Crippen LogP contribution in [0.1, 0.15) is 31.7 Å². The lowest BCUT2D eigenvalue weighted by Gasteiger charge is -2.34. The molecule has 5 nitrogen and oxygen atoms in total. The Morgan fingerprint density at radius 3 is 2.73 bits per heavy atom. The van der Waals surface area contributed by atoms with Gasteiger partial charge in [0, 0.05) is 46.5 Å². The number of nitrogens with one attached hydrogen (secondary N) is 1. The van der Waals surface area contributed by atoms with Gasteiger partial charge < -0.3 is 19.7 Å². The summed E-state index contributed by atoms with van der Waals surface area (Å²) in [6.45, 7) is 6.84. The summed E-state index contributed by atoms with van der Waals surface area (Å²) in [6.07, 6.45) is 3.89. The van der Waals surface area contributed by atoms with Gasteiger partial charge in [0.15, 0.2) is 5.96 Å². The highest BCUT2D eigenvalue weighted by Gasteiger charge is 2.21. The van der Waals surface area contributed by atoms with Gasteiger partial charge in [-0.2, -0.15) is 0 Å². The van der Waals surface area contributed by atoms with E-state index in [1.165, 1.54) is 6.07 Å². The van der Waals surface area contributed by atoms with Crippen molar-refractivity contribution in [3.05, 3.63) is 35.6 Å². The third-order valence-electron chi connectivity index (χ3n) is 4.52. The summed E-state index contributed by atoms with van der Waals surface area (Å²) in [7, 11) is 1.71. The first-order valence-corrected chi connectivity index (χ1v) is 9.61. The summed E-state index contributed by atoms with van der Waals surface area (Å²) in [5.74, 6) is 0.765. The molecule has 1 N–H and O–H groups in total. The first kappa shape index (κ1) is 20.6. The summed E-state index contributed by atoms with van der Waals surface area (Å²) in [6, 6.07) is 6.91. The highest BCUT2D eigenvalue weighted by molar-refractivity contribution is 5.80. The van der Waals surface area contributed by atoms with E-state index in [4.69, 9.17) is 14.5 Å². The number of nitrogens with zero attached hydrogens (tertiary/aromatic N) is 2. The van der Waals surface area contributed by atoms with Gasteiger partial charge >= 0.3 is 0 Å². The van der Waals surface area contributed by atoms with Crippen LogP contribution < -0.4 is 5.32 Å². The second-order valence-electron chi connectivity index (χ2n) is 6.48. The molecule has 0 unspecified atom stereocenters. The Morgan fingerprint density at radius 2 is 2.04 bits per heavy atom. The predicted octanol–water partition coefficient (Wildman–Crippen LogP) is 2.85. The van der Waals surface area contributed by atoms with E-state index in [2.05, 4.69) is 17.1 Å². The fourth-order valence-electron chi connectivity index (χ4n) is 3.10. The third-order valence-corrected chi connectivity index (χ3v) is 4.52. The quantitative estimate of drug-likeness (QED) is 0.415. The van der Waals surface area contributed by atoms with Crippen LogP contribution in [0.25, 0.3) is 0 Å². The molecule has 26 heavy (non-hydrogen) atoms. The molecular formula is C20H32FN3O2. The molecule has 0 aliphatic carbocycles. The van der Waals surface area contributed by atoms with Crippen molar-refractivity contribution >= 4 is 5.96 Å². The van der Waals surface area contributed by atoms with E-state index < -0.39 is 0 Å². The van der Waals surface area contributed by atoms with Crippen LogP contribution in [0.2, 0.25) is 0 Å². The van der Waals surface area contributed by atoms with Gasteiger partial charge in [0.2, 0.25) is 0 Å². The normalized spacial score (nSPS) is 16.1. The van der Waals surface area contributed by atoms with Crippen molar-refractivity contribution in [3.8, 4) is 0 Å². The number of likely N-dealkylation sites (tertiary alicyclic amines) is 1. The van der Waals surface area contributed by atoms with Crippen molar-refractivity contribution in [2.24, 2.45) is 4.99 Å². The maximum Gasteiger partial charge on any atom is 0.193 e. The summed E-state index contributed by atoms with van der Waals surface area (Å²) in [5.41, 5.74) is 0.718. The third kappa shape index (κ3) is 6.92. The fourth-order valence-corrected chi connectivity index (χ4v) is 3.10. The zero-order valence-electron chi connectivity index (χ0n) is 16.0. The molecule has 1 heterocycles. The molecule has 0 aromatic heterocycles. The first-order chi connectivity index (χ1) is 12.7. The minimum absolute atomic E-state index is 0.154. The van der Waals surface area contributed by atoms with Crippen molar-refractivity contribution in [2.45, 2.75) is 38.7 Å². The van der Waals surface area contributed by atoms with E-state index in [0.717, 1.165) is 63.6 Å². The zero-order valence-corrected chi connectivity index (χ0v) is 16.0. The summed E-state index contributed by atoms with van der Waals surface area (Å²) in [4.78, 5) is 6.97. The number of ether oxygens (including phenoxy) is 2. The van der Waals surface area contributed by atoms with Gasteiger partial charge in [-0.05, 0) is 44.2 Å². The van der Waals surface area contributed by atoms with Crippen LogP contribution in [-0.2, 0) is 15.9 Å². The summed E-state index contributed by atoms with van der Waals surface area (Å²) in [5, 5.41) is 3.35. The van der Waals surface area contributed by atoms with Crippen molar-refractivity contribution < 1.29 is 13.9 Å². The van der Waals surface area contributed by atoms with E-state index in [-0.39, 0.29) is 5.82 Å². The number of benzene rings is 1. The van der Waals surface area contributed by atoms with Gasteiger partial charge in [0.1, 0.15) is 5.82 Å². The number of guanidine groups is 1. The van der Waals surface area contributed by atoms with Crippen molar-refractivity contribution in [1.82, 2.24) is 10.2 Å². The monoisotopic (exact) mass is 365 g/mol. The molecule has 0 radical (unpaired) electrons. The molecule has 2 rings (SSSR count). The van der Waals surface area contributed by atoms with E-state index in [9.17, 15) is 4.39 Å². The number of methoxy groups -OCH3 is 1. The van der Waals surface area contributed by atoms with Crippen molar-refractivity contribution in [3.63, 3.8) is 0 Å². The van der Waals surface area contributed by atoms with Gasteiger partial charge in [-0.1, -0.05) is 18.2 Å². The van der Waals surface area contributed by atoms with Crippen molar-refractivity contribution in [1.29, 1.82) is 0 Å². The molecule has 1 fully saturated rings. The lowest BCUT2D eigenvalue weighted by Crippen LogP contribution is -2.47. The van der Waals surface area contributed by atoms with Crippen LogP contribution in [0.15, 0.2) is 29.3 Å². The van der Waals surface area contributed by atoms with Crippen LogP contribution in [0.4, 0.5) is 4.39 Å². The van der Waals surface area contributed by atoms with E-state index in [1.807, 2.05) is 12.1 Å². The molecule has 1 aromatic carbocycles. The second kappa shape index (κ2) is 11.9. The van der Waals surface area contributed by atoms with Gasteiger partial charge in [-0.25, -0.2) is 4.39 Å². The Bertz CT molecular complexity index is 546. The molecule has 1 aliphatic rings. The van der Waals surface area contributed by atoms with Crippen LogP contribution in [0.3, 0.4) is 0 Å². The number of hydrogen-bond donors (Lipinski definition) is 1. The summed E-state index contributed by atoms with van der Waals surface area (Å²) < 4.78 is 24.7. The van der Waals surface area contributed by atoms with E-state index in [1.54, 1.807) is 13.2 Å². The Labute approximate surface area is 156 Å². The van der Waals surface area contributed by atoms with Gasteiger partial charge in [0.05, 0.1) is 6.10 Å². The number of rotatable bonds is 9. The molecule has 146 valence electrons. The molecular weight excluding hydrogens is 333 g/mol. The van der Waals surface area contributed by atoms with E-state index >= 15 is 0 Å². The van der Waals surface area contributed by atoms with Gasteiger partial charge in [-0.15, -0.1) is 0 Å². The largest absolute Gasteiger partial charge is 0.385 e. The van der Waals surface area contributed by atoms with Gasteiger partial charge in [-0.3, -0.25) is 4.99 Å². The second-order valence-corrected chi connectivity index (χ2v) is 6.48. The lowest BCUT2D eigenvalue weighted by atomic mass is 10.1. The number of hydrogen-bond acceptors (Lipinski definition) is 3. The Morgan fingerprint density at radius 1 is 1.27 bits per heavy atom. The zero-order chi connectivity index (χ0) is 18.6. The predicted molar refractivity (Wildman–Crippen MR) is 103 cm³/mol. The molecule has 0 amide bonds. The Balaban J connectivity index is 1.79. The molecule has 1 aliphatic heterocycles. The number of aliphatic imine (C=N–C) groups is 1. The minimum atomic E-state index is -0.154. The van der Waals surface area contributed by atoms with Crippen LogP contribution in [-0.4, -0.2) is 63.5 Å². The van der Waals surface area contributed by atoms with Crippen molar-refractivity contribution in [2.75, 3.05) is 46.5 Å². The highest BCUT2D eigenvalue weighted by atomic mass is 19.1. The summed E-state index contributed by atoms with van der Waals surface area (Å²) >= 11 is 0. The Hall–Kier alpha value is -1.66. The molecule has 0 spiro atoms. The van der Waals surface area contributed by atoms with E-state index in [0.29, 0.717) is 19.1 Å². The highest BCUT2D eigenvalue weighted by Crippen LogP contribution is 2.14. The molecule has 0 bridgehead atoms. The molecule has 6 heteroatoms. The molecule has 0 atom stereocenters. The SMILES string of the molecule is CCNC(=NCCc1ccccc1F)N1CCC(OCCCOC)CC1. The Kier molecular flexibility index (Phi) is 9.42. The minimum Gasteiger partial charge on any atom is -0.385 e. The van der Waals surface area contributed by atoms with Crippen LogP contribution in [0.5, 0.6) is 0 Å². The first-order valence-electron chi connectivity index (χ1n) is 9.61. The smallest absolute Gasteiger partial charge is 0.193 e. The molecule has 0 saturated carbocycles. The topological polar surface area (TPSA) is 46.1 Å². The standard InChI is InChI=1S/C20H32FN3O2/c1-3-22-20(23-12-9-17-7-4-5-8-19(17)21)24-13-10-18(11-14-24)26-16-6-15-25-2/h4-5,7-8,18H,3,6,9-16H2,1-2H3,(H,22,23). The number of halogens is 1. The molecule has 1 aromatic rings.